The van der Waals surface area contributed by atoms with E-state index in [2.05, 4.69) is 32.4 Å². The van der Waals surface area contributed by atoms with E-state index in [1.54, 1.807) is 41.0 Å². The van der Waals surface area contributed by atoms with Crippen molar-refractivity contribution in [3.63, 3.8) is 0 Å². The summed E-state index contributed by atoms with van der Waals surface area (Å²) in [6.45, 7) is 4.33. The summed E-state index contributed by atoms with van der Waals surface area (Å²) in [6, 6.07) is 12.2. The van der Waals surface area contributed by atoms with Gasteiger partial charge in [-0.1, -0.05) is 41.6 Å². The Hall–Kier alpha value is -3.87. The number of benzene rings is 2. The third kappa shape index (κ3) is 7.16. The van der Waals surface area contributed by atoms with Crippen LogP contribution in [0.5, 0.6) is 11.5 Å². The Morgan fingerprint density at radius 3 is 2.62 bits per heavy atom. The van der Waals surface area contributed by atoms with Crippen LogP contribution in [0.4, 0.5) is 5.13 Å². The number of methoxy groups -OCH3 is 2. The first-order chi connectivity index (χ1) is 18.9. The normalized spacial score (nSPS) is 10.6. The van der Waals surface area contributed by atoms with Gasteiger partial charge in [0.1, 0.15) is 0 Å². The lowest BCUT2D eigenvalue weighted by molar-refractivity contribution is -0.113. The van der Waals surface area contributed by atoms with E-state index in [4.69, 9.17) is 21.1 Å². The number of allylic oxidation sites excluding steroid dienone is 1. The van der Waals surface area contributed by atoms with Crippen molar-refractivity contribution in [2.75, 3.05) is 25.3 Å². The molecule has 0 atom stereocenters. The van der Waals surface area contributed by atoms with Crippen LogP contribution in [-0.2, 0) is 17.9 Å². The summed E-state index contributed by atoms with van der Waals surface area (Å²) in [6.07, 6.45) is 1.70. The van der Waals surface area contributed by atoms with E-state index in [0.29, 0.717) is 44.7 Å². The molecule has 0 aliphatic carbocycles. The van der Waals surface area contributed by atoms with Gasteiger partial charge in [-0.25, -0.2) is 4.98 Å². The number of hydrogen-bond acceptors (Lipinski definition) is 9. The van der Waals surface area contributed by atoms with Crippen molar-refractivity contribution in [3.8, 4) is 22.8 Å². The number of thiazole rings is 1. The number of amides is 2. The number of nitrogens with one attached hydrogen (secondary N) is 2. The molecular formula is C26H25ClN6O4S2. The fourth-order valence-electron chi connectivity index (χ4n) is 3.48. The Morgan fingerprint density at radius 1 is 1.13 bits per heavy atom. The third-order valence-corrected chi connectivity index (χ3v) is 7.36. The summed E-state index contributed by atoms with van der Waals surface area (Å²) in [5.41, 5.74) is 2.08. The first kappa shape index (κ1) is 28.1. The highest BCUT2D eigenvalue weighted by Gasteiger charge is 2.17. The van der Waals surface area contributed by atoms with Gasteiger partial charge in [0.25, 0.3) is 5.91 Å². The highest BCUT2D eigenvalue weighted by atomic mass is 35.5. The van der Waals surface area contributed by atoms with Crippen LogP contribution in [0, 0.1) is 0 Å². The monoisotopic (exact) mass is 584 g/mol. The summed E-state index contributed by atoms with van der Waals surface area (Å²) in [5.74, 6) is 1.08. The second kappa shape index (κ2) is 13.3. The zero-order valence-corrected chi connectivity index (χ0v) is 23.5. The second-order valence-corrected chi connectivity index (χ2v) is 10.2. The van der Waals surface area contributed by atoms with Crippen LogP contribution in [-0.4, -0.2) is 51.5 Å². The van der Waals surface area contributed by atoms with Gasteiger partial charge in [0.15, 0.2) is 27.6 Å². The second-order valence-electron chi connectivity index (χ2n) is 7.93. The Bertz CT molecular complexity index is 1470. The number of nitrogens with zero attached hydrogens (tertiary/aromatic N) is 4. The first-order valence-electron chi connectivity index (χ1n) is 11.6. The molecule has 2 aromatic carbocycles. The average Bonchev–Trinajstić information content (AvgIpc) is 3.57. The number of anilines is 1. The molecule has 13 heteroatoms. The molecule has 0 unspecified atom stereocenters. The average molecular weight is 585 g/mol. The van der Waals surface area contributed by atoms with Gasteiger partial charge in [-0.05, 0) is 30.3 Å². The summed E-state index contributed by atoms with van der Waals surface area (Å²) in [5, 5.41) is 17.6. The fraction of sp³-hybridized carbons (Fsp3) is 0.192. The number of thioether (sulfide) groups is 1. The van der Waals surface area contributed by atoms with Gasteiger partial charge in [-0.3, -0.25) is 9.59 Å². The van der Waals surface area contributed by atoms with Crippen molar-refractivity contribution >= 4 is 51.6 Å². The topological polar surface area (TPSA) is 120 Å². The van der Waals surface area contributed by atoms with Crippen molar-refractivity contribution in [2.24, 2.45) is 0 Å². The van der Waals surface area contributed by atoms with E-state index in [1.807, 2.05) is 17.5 Å². The Morgan fingerprint density at radius 2 is 1.90 bits per heavy atom. The van der Waals surface area contributed by atoms with Crippen molar-refractivity contribution < 1.29 is 19.1 Å². The van der Waals surface area contributed by atoms with Crippen molar-refractivity contribution in [1.29, 1.82) is 0 Å². The zero-order chi connectivity index (χ0) is 27.8. The van der Waals surface area contributed by atoms with E-state index >= 15 is 0 Å². The highest BCUT2D eigenvalue weighted by Crippen LogP contribution is 2.28. The lowest BCUT2D eigenvalue weighted by atomic mass is 10.2. The molecule has 0 spiro atoms. The molecule has 2 N–H and O–H groups in total. The van der Waals surface area contributed by atoms with Gasteiger partial charge in [0, 0.05) is 28.1 Å². The number of carbonyl (C=O) groups is 2. The molecule has 2 heterocycles. The maximum Gasteiger partial charge on any atom is 0.251 e. The largest absolute Gasteiger partial charge is 0.493 e. The Labute approximate surface area is 238 Å². The summed E-state index contributed by atoms with van der Waals surface area (Å²) in [4.78, 5) is 29.8. The standard InChI is InChI=1S/C26H25ClN6O4S2/c1-4-11-33-22(13-28-24(35)17-7-10-20(36-2)21(12-17)37-3)31-32-26(33)39-15-23(34)30-25-29-19(14-38-25)16-5-8-18(27)9-6-16/h4-10,12,14H,1,11,13,15H2,2-3H3,(H,28,35)(H,29,30,34). The number of halogens is 1. The predicted octanol–water partition coefficient (Wildman–Crippen LogP) is 4.92. The van der Waals surface area contributed by atoms with Gasteiger partial charge in [-0.15, -0.1) is 28.1 Å². The van der Waals surface area contributed by atoms with Gasteiger partial charge in [0.05, 0.1) is 32.2 Å². The minimum atomic E-state index is -0.306. The van der Waals surface area contributed by atoms with Crippen LogP contribution in [0.15, 0.2) is 65.7 Å². The molecular weight excluding hydrogens is 560 g/mol. The minimum Gasteiger partial charge on any atom is -0.493 e. The molecule has 10 nitrogen and oxygen atoms in total. The van der Waals surface area contributed by atoms with Crippen LogP contribution in [0.1, 0.15) is 16.2 Å². The van der Waals surface area contributed by atoms with Crippen molar-refractivity contribution in [3.05, 3.63) is 76.9 Å². The lowest BCUT2D eigenvalue weighted by Crippen LogP contribution is -2.25. The smallest absolute Gasteiger partial charge is 0.251 e. The van der Waals surface area contributed by atoms with Crippen LogP contribution in [0.3, 0.4) is 0 Å². The SMILES string of the molecule is C=CCn1c(CNC(=O)c2ccc(OC)c(OC)c2)nnc1SCC(=O)Nc1nc(-c2ccc(Cl)cc2)cs1. The molecule has 0 saturated heterocycles. The van der Waals surface area contributed by atoms with Gasteiger partial charge in [0.2, 0.25) is 5.91 Å². The number of carbonyl (C=O) groups excluding carboxylic acids is 2. The minimum absolute atomic E-state index is 0.100. The van der Waals surface area contributed by atoms with Crippen LogP contribution in [0.25, 0.3) is 11.3 Å². The first-order valence-corrected chi connectivity index (χ1v) is 13.8. The van der Waals surface area contributed by atoms with E-state index in [9.17, 15) is 9.59 Å². The molecule has 0 aliphatic heterocycles. The lowest BCUT2D eigenvalue weighted by Gasteiger charge is -2.11. The van der Waals surface area contributed by atoms with E-state index in [0.717, 1.165) is 11.3 Å². The molecule has 2 amide bonds. The zero-order valence-electron chi connectivity index (χ0n) is 21.1. The summed E-state index contributed by atoms with van der Waals surface area (Å²) in [7, 11) is 3.04. The summed E-state index contributed by atoms with van der Waals surface area (Å²) >= 11 is 8.51. The molecule has 0 saturated carbocycles. The predicted molar refractivity (Wildman–Crippen MR) is 153 cm³/mol. The Kier molecular flexibility index (Phi) is 9.58. The molecule has 0 radical (unpaired) electrons. The fourth-order valence-corrected chi connectivity index (χ4v) is 5.11. The molecule has 4 rings (SSSR count). The van der Waals surface area contributed by atoms with Gasteiger partial charge >= 0.3 is 0 Å². The van der Waals surface area contributed by atoms with E-state index < -0.39 is 0 Å². The van der Waals surface area contributed by atoms with Gasteiger partial charge in [-0.2, -0.15) is 0 Å². The third-order valence-electron chi connectivity index (χ3n) is 5.38. The summed E-state index contributed by atoms with van der Waals surface area (Å²) < 4.78 is 12.3. The number of ether oxygens (including phenoxy) is 2. The molecule has 0 bridgehead atoms. The highest BCUT2D eigenvalue weighted by molar-refractivity contribution is 7.99. The maximum atomic E-state index is 12.7. The number of aromatic nitrogens is 4. The molecule has 39 heavy (non-hydrogen) atoms. The number of hydrogen-bond donors (Lipinski definition) is 2. The van der Waals surface area contributed by atoms with Gasteiger partial charge < -0.3 is 24.7 Å². The van der Waals surface area contributed by atoms with Crippen LogP contribution < -0.4 is 20.1 Å². The van der Waals surface area contributed by atoms with Crippen molar-refractivity contribution in [1.82, 2.24) is 25.1 Å². The quantitative estimate of drug-likeness (QED) is 0.178. The van der Waals surface area contributed by atoms with Crippen molar-refractivity contribution in [2.45, 2.75) is 18.2 Å². The molecule has 0 fully saturated rings. The van der Waals surface area contributed by atoms with Crippen LogP contribution >= 0.6 is 34.7 Å². The molecule has 0 aliphatic rings. The van der Waals surface area contributed by atoms with E-state index in [-0.39, 0.29) is 24.1 Å². The Balaban J connectivity index is 1.35. The molecule has 202 valence electrons. The molecule has 2 aromatic heterocycles. The molecule has 4 aromatic rings. The van der Waals surface area contributed by atoms with E-state index in [1.165, 1.54) is 37.3 Å². The van der Waals surface area contributed by atoms with Crippen LogP contribution in [0.2, 0.25) is 5.02 Å². The maximum absolute atomic E-state index is 12.7. The number of rotatable bonds is 12.